The first-order valence-corrected chi connectivity index (χ1v) is 8.89. The number of nitrogens with zero attached hydrogens (tertiary/aromatic N) is 2. The van der Waals surface area contributed by atoms with Gasteiger partial charge in [0.1, 0.15) is 23.2 Å². The minimum atomic E-state index is 0.265. The average molecular weight is 351 g/mol. The van der Waals surface area contributed by atoms with Crippen molar-refractivity contribution in [3.63, 3.8) is 0 Å². The first-order valence-electron chi connectivity index (χ1n) is 8.89. The molecule has 1 fully saturated rings. The minimum Gasteiger partial charge on any atom is -0.496 e. The molecule has 2 aliphatic rings. The summed E-state index contributed by atoms with van der Waals surface area (Å²) in [5.74, 6) is 2.61. The number of ether oxygens (including phenoxy) is 3. The van der Waals surface area contributed by atoms with E-state index in [-0.39, 0.29) is 5.82 Å². The highest BCUT2D eigenvalue weighted by Gasteiger charge is 2.25. The third-order valence-electron chi connectivity index (χ3n) is 5.06. The molecule has 134 valence electrons. The zero-order chi connectivity index (χ0) is 18.1. The molecule has 1 aromatic carbocycles. The van der Waals surface area contributed by atoms with Gasteiger partial charge in [-0.05, 0) is 25.0 Å². The largest absolute Gasteiger partial charge is 0.496 e. The summed E-state index contributed by atoms with van der Waals surface area (Å²) in [7, 11) is 1.60. The van der Waals surface area contributed by atoms with Gasteiger partial charge in [-0.3, -0.25) is 0 Å². The maximum atomic E-state index is 9.64. The summed E-state index contributed by atoms with van der Waals surface area (Å²) >= 11 is 0. The Labute approximate surface area is 152 Å². The van der Waals surface area contributed by atoms with Gasteiger partial charge in [0.15, 0.2) is 11.5 Å². The molecule has 1 aliphatic heterocycles. The zero-order valence-corrected chi connectivity index (χ0v) is 14.7. The van der Waals surface area contributed by atoms with Crippen LogP contribution in [0, 0.1) is 11.3 Å². The molecule has 2 aromatic rings. The van der Waals surface area contributed by atoms with Crippen LogP contribution in [0.2, 0.25) is 0 Å². The Kier molecular flexibility index (Phi) is 4.29. The van der Waals surface area contributed by atoms with E-state index in [0.717, 1.165) is 36.1 Å². The van der Waals surface area contributed by atoms with Crippen LogP contribution in [0.25, 0.3) is 11.1 Å². The van der Waals surface area contributed by atoms with E-state index in [0.29, 0.717) is 41.9 Å². The van der Waals surface area contributed by atoms with Crippen LogP contribution in [0.1, 0.15) is 42.9 Å². The number of nitrogen functional groups attached to an aromatic ring is 1. The summed E-state index contributed by atoms with van der Waals surface area (Å²) in [5, 5.41) is 9.64. The van der Waals surface area contributed by atoms with Crippen LogP contribution in [-0.4, -0.2) is 25.3 Å². The van der Waals surface area contributed by atoms with E-state index in [4.69, 9.17) is 19.9 Å². The smallest absolute Gasteiger partial charge is 0.164 e. The molecular formula is C20H21N3O3. The Bertz CT molecular complexity index is 885. The Balaban J connectivity index is 1.90. The lowest BCUT2D eigenvalue weighted by molar-refractivity contribution is 0.296. The van der Waals surface area contributed by atoms with Gasteiger partial charge in [0, 0.05) is 35.2 Å². The molecule has 1 aliphatic carbocycles. The van der Waals surface area contributed by atoms with Crippen molar-refractivity contribution in [3.8, 4) is 34.4 Å². The zero-order valence-electron chi connectivity index (χ0n) is 14.7. The highest BCUT2D eigenvalue weighted by molar-refractivity contribution is 5.81. The first kappa shape index (κ1) is 16.5. The Morgan fingerprint density at radius 3 is 2.46 bits per heavy atom. The lowest BCUT2D eigenvalue weighted by atomic mass is 9.81. The standard InChI is InChI=1S/C20H21N3O3/c1-24-17-10-19-18(25-6-3-7-26-19)9-14(17)13-8-16(12-4-2-5-12)23-20(22)15(13)11-21/h8-10,12H,2-7H2,1H3,(H2,22,23). The quantitative estimate of drug-likeness (QED) is 0.908. The number of nitrogens with two attached hydrogens (primary N) is 1. The maximum Gasteiger partial charge on any atom is 0.164 e. The van der Waals surface area contributed by atoms with Crippen molar-refractivity contribution in [2.24, 2.45) is 0 Å². The molecular weight excluding hydrogens is 330 g/mol. The van der Waals surface area contributed by atoms with Crippen LogP contribution < -0.4 is 19.9 Å². The fourth-order valence-corrected chi connectivity index (χ4v) is 3.40. The molecule has 0 radical (unpaired) electrons. The van der Waals surface area contributed by atoms with Gasteiger partial charge in [-0.25, -0.2) is 4.98 Å². The van der Waals surface area contributed by atoms with Crippen LogP contribution in [0.4, 0.5) is 5.82 Å². The van der Waals surface area contributed by atoms with Gasteiger partial charge in [0.05, 0.1) is 20.3 Å². The summed E-state index contributed by atoms with van der Waals surface area (Å²) in [5.41, 5.74) is 8.91. The molecule has 4 rings (SSSR count). The van der Waals surface area contributed by atoms with Crippen molar-refractivity contribution in [3.05, 3.63) is 29.5 Å². The molecule has 2 heterocycles. The summed E-state index contributed by atoms with van der Waals surface area (Å²) in [4.78, 5) is 4.47. The first-order chi connectivity index (χ1) is 12.7. The molecule has 0 unspecified atom stereocenters. The number of fused-ring (bicyclic) bond motifs is 1. The lowest BCUT2D eigenvalue weighted by Gasteiger charge is -2.26. The van der Waals surface area contributed by atoms with Gasteiger partial charge in [-0.1, -0.05) is 6.42 Å². The number of methoxy groups -OCH3 is 1. The highest BCUT2D eigenvalue weighted by Crippen LogP contribution is 2.44. The van der Waals surface area contributed by atoms with Crippen molar-refractivity contribution in [2.75, 3.05) is 26.1 Å². The van der Waals surface area contributed by atoms with Gasteiger partial charge < -0.3 is 19.9 Å². The number of benzene rings is 1. The normalized spacial score (nSPS) is 16.3. The molecule has 0 saturated heterocycles. The molecule has 1 saturated carbocycles. The van der Waals surface area contributed by atoms with Crippen LogP contribution in [0.3, 0.4) is 0 Å². The molecule has 6 heteroatoms. The van der Waals surface area contributed by atoms with Gasteiger partial charge in [-0.15, -0.1) is 0 Å². The van der Waals surface area contributed by atoms with Crippen LogP contribution in [0.5, 0.6) is 17.2 Å². The maximum absolute atomic E-state index is 9.64. The van der Waals surface area contributed by atoms with E-state index in [1.807, 2.05) is 18.2 Å². The topological polar surface area (TPSA) is 90.4 Å². The summed E-state index contributed by atoms with van der Waals surface area (Å²) in [6.45, 7) is 1.20. The number of anilines is 1. The number of hydrogen-bond acceptors (Lipinski definition) is 6. The van der Waals surface area contributed by atoms with Crippen molar-refractivity contribution >= 4 is 5.82 Å². The van der Waals surface area contributed by atoms with Gasteiger partial charge in [0.2, 0.25) is 0 Å². The summed E-state index contributed by atoms with van der Waals surface area (Å²) in [6, 6.07) is 7.86. The van der Waals surface area contributed by atoms with E-state index in [9.17, 15) is 5.26 Å². The van der Waals surface area contributed by atoms with Crippen LogP contribution >= 0.6 is 0 Å². The average Bonchev–Trinajstić information content (AvgIpc) is 2.83. The number of nitriles is 1. The van der Waals surface area contributed by atoms with E-state index >= 15 is 0 Å². The third kappa shape index (κ3) is 2.80. The second kappa shape index (κ2) is 6.75. The van der Waals surface area contributed by atoms with Crippen molar-refractivity contribution in [1.29, 1.82) is 5.26 Å². The van der Waals surface area contributed by atoms with Crippen molar-refractivity contribution in [2.45, 2.75) is 31.6 Å². The van der Waals surface area contributed by atoms with Crippen LogP contribution in [0.15, 0.2) is 18.2 Å². The number of rotatable bonds is 3. The highest BCUT2D eigenvalue weighted by atomic mass is 16.5. The molecule has 0 bridgehead atoms. The predicted molar refractivity (Wildman–Crippen MR) is 97.6 cm³/mol. The van der Waals surface area contributed by atoms with Gasteiger partial charge in [0.25, 0.3) is 0 Å². The number of pyridine rings is 1. The van der Waals surface area contributed by atoms with Gasteiger partial charge in [-0.2, -0.15) is 5.26 Å². The fraction of sp³-hybridized carbons (Fsp3) is 0.400. The summed E-state index contributed by atoms with van der Waals surface area (Å²) < 4.78 is 17.1. The lowest BCUT2D eigenvalue weighted by Crippen LogP contribution is -2.13. The fourth-order valence-electron chi connectivity index (χ4n) is 3.40. The molecule has 26 heavy (non-hydrogen) atoms. The van der Waals surface area contributed by atoms with E-state index in [1.165, 1.54) is 6.42 Å². The monoisotopic (exact) mass is 351 g/mol. The molecule has 2 N–H and O–H groups in total. The van der Waals surface area contributed by atoms with E-state index in [2.05, 4.69) is 11.1 Å². The predicted octanol–water partition coefficient (Wildman–Crippen LogP) is 3.64. The molecule has 6 nitrogen and oxygen atoms in total. The van der Waals surface area contributed by atoms with Crippen LogP contribution in [-0.2, 0) is 0 Å². The number of hydrogen-bond donors (Lipinski definition) is 1. The molecule has 1 aromatic heterocycles. The second-order valence-electron chi connectivity index (χ2n) is 6.64. The second-order valence-corrected chi connectivity index (χ2v) is 6.64. The number of aromatic nitrogens is 1. The van der Waals surface area contributed by atoms with E-state index < -0.39 is 0 Å². The SMILES string of the molecule is COc1cc2c(cc1-c1cc(C3CCC3)nc(N)c1C#N)OCCCO2. The van der Waals surface area contributed by atoms with Gasteiger partial charge >= 0.3 is 0 Å². The molecule has 0 atom stereocenters. The molecule has 0 spiro atoms. The Hall–Kier alpha value is -2.94. The third-order valence-corrected chi connectivity index (χ3v) is 5.06. The Morgan fingerprint density at radius 1 is 1.12 bits per heavy atom. The minimum absolute atomic E-state index is 0.265. The van der Waals surface area contributed by atoms with Crippen molar-refractivity contribution < 1.29 is 14.2 Å². The van der Waals surface area contributed by atoms with Crippen molar-refractivity contribution in [1.82, 2.24) is 4.98 Å². The summed E-state index contributed by atoms with van der Waals surface area (Å²) in [6.07, 6.45) is 4.24. The Morgan fingerprint density at radius 2 is 1.85 bits per heavy atom. The van der Waals surface area contributed by atoms with E-state index in [1.54, 1.807) is 7.11 Å². The molecule has 0 amide bonds.